The van der Waals surface area contributed by atoms with E-state index in [1.54, 1.807) is 0 Å². The number of carbonyl (C=O) groups is 1. The van der Waals surface area contributed by atoms with Gasteiger partial charge in [0.25, 0.3) is 0 Å². The van der Waals surface area contributed by atoms with Crippen LogP contribution in [0.5, 0.6) is 0 Å². The van der Waals surface area contributed by atoms with Crippen molar-refractivity contribution in [3.63, 3.8) is 0 Å². The molecular formula is C10H4F14O4. The molecule has 0 saturated carbocycles. The molecular weight excluding hydrogens is 450 g/mol. The van der Waals surface area contributed by atoms with Crippen LogP contribution in [-0.4, -0.2) is 61.2 Å². The van der Waals surface area contributed by atoms with Gasteiger partial charge in [-0.3, -0.25) is 4.74 Å². The van der Waals surface area contributed by atoms with Crippen LogP contribution in [0.2, 0.25) is 0 Å². The van der Waals surface area contributed by atoms with Gasteiger partial charge in [0.2, 0.25) is 0 Å². The Morgan fingerprint density at radius 3 is 1.64 bits per heavy atom. The van der Waals surface area contributed by atoms with E-state index in [-0.39, 0.29) is 0 Å². The zero-order chi connectivity index (χ0) is 22.6. The summed E-state index contributed by atoms with van der Waals surface area (Å²) in [6, 6.07) is 0. The number of halogens is 14. The van der Waals surface area contributed by atoms with Gasteiger partial charge in [-0.05, 0) is 0 Å². The zero-order valence-corrected chi connectivity index (χ0v) is 12.3. The van der Waals surface area contributed by atoms with Gasteiger partial charge in [-0.2, -0.15) is 57.1 Å². The molecule has 0 aliphatic carbocycles. The van der Waals surface area contributed by atoms with Crippen LogP contribution in [-0.2, 0) is 19.0 Å². The fourth-order valence-electron chi connectivity index (χ4n) is 1.62. The van der Waals surface area contributed by atoms with E-state index in [0.717, 1.165) is 0 Å². The summed E-state index contributed by atoms with van der Waals surface area (Å²) in [6.07, 6.45) is -20.4. The third-order valence-electron chi connectivity index (χ3n) is 3.03. The lowest BCUT2D eigenvalue weighted by Gasteiger charge is -2.33. The number of carbonyl (C=O) groups excluding carboxylic acids is 1. The van der Waals surface area contributed by atoms with Crippen molar-refractivity contribution in [3.05, 3.63) is 0 Å². The van der Waals surface area contributed by atoms with E-state index in [9.17, 15) is 66.3 Å². The molecule has 1 aliphatic rings. The Morgan fingerprint density at radius 1 is 0.857 bits per heavy atom. The van der Waals surface area contributed by atoms with Crippen molar-refractivity contribution in [2.75, 3.05) is 13.3 Å². The van der Waals surface area contributed by atoms with E-state index in [4.69, 9.17) is 0 Å². The van der Waals surface area contributed by atoms with Crippen molar-refractivity contribution < 1.29 is 80.5 Å². The Labute approximate surface area is 143 Å². The molecule has 0 aromatic rings. The molecule has 18 heteroatoms. The first-order valence-electron chi connectivity index (χ1n) is 6.24. The summed E-state index contributed by atoms with van der Waals surface area (Å²) in [4.78, 5) is 11.0. The molecule has 1 fully saturated rings. The maximum atomic E-state index is 13.7. The van der Waals surface area contributed by atoms with Gasteiger partial charge in [0.1, 0.15) is 6.67 Å². The summed E-state index contributed by atoms with van der Waals surface area (Å²) in [7, 11) is 0. The number of rotatable bonds is 6. The molecule has 1 heterocycles. The lowest BCUT2D eigenvalue weighted by molar-refractivity contribution is -0.433. The zero-order valence-electron chi connectivity index (χ0n) is 12.3. The summed E-state index contributed by atoms with van der Waals surface area (Å²) in [5.41, 5.74) is 0. The highest BCUT2D eigenvalue weighted by Crippen LogP contribution is 2.64. The van der Waals surface area contributed by atoms with Crippen LogP contribution in [0.15, 0.2) is 0 Å². The highest BCUT2D eigenvalue weighted by Gasteiger charge is 2.96. The number of hydrogen-bond acceptors (Lipinski definition) is 4. The first kappa shape index (κ1) is 24.4. The van der Waals surface area contributed by atoms with E-state index >= 15 is 0 Å². The molecule has 0 amide bonds. The van der Waals surface area contributed by atoms with Gasteiger partial charge in [0.05, 0.1) is 6.61 Å². The first-order chi connectivity index (χ1) is 12.1. The minimum absolute atomic E-state index is 1.97. The third-order valence-corrected chi connectivity index (χ3v) is 3.03. The van der Waals surface area contributed by atoms with Crippen molar-refractivity contribution in [1.29, 1.82) is 0 Å². The van der Waals surface area contributed by atoms with Gasteiger partial charge in [-0.25, -0.2) is 9.18 Å². The molecule has 1 rings (SSSR count). The van der Waals surface area contributed by atoms with Gasteiger partial charge in [-0.15, -0.1) is 0 Å². The lowest BCUT2D eigenvalue weighted by Crippen LogP contribution is -2.63. The predicted molar refractivity (Wildman–Crippen MR) is 52.6 cm³/mol. The van der Waals surface area contributed by atoms with Gasteiger partial charge in [0, 0.05) is 0 Å². The van der Waals surface area contributed by atoms with Crippen LogP contribution in [0.3, 0.4) is 0 Å². The van der Waals surface area contributed by atoms with Crippen LogP contribution in [0.25, 0.3) is 0 Å². The second-order valence-electron chi connectivity index (χ2n) is 4.90. The highest BCUT2D eigenvalue weighted by molar-refractivity contribution is 5.79. The molecule has 0 N–H and O–H groups in total. The SMILES string of the molecule is O=C(OC(F)(F)C1(F)OC(F)(F)C(F)(F)C1(F)F)C(F)(OCCF)C(F)(F)F. The summed E-state index contributed by atoms with van der Waals surface area (Å²) in [6.45, 7) is -3.95. The number of esters is 1. The lowest BCUT2D eigenvalue weighted by atomic mass is 10.1. The Morgan fingerprint density at radius 2 is 1.32 bits per heavy atom. The van der Waals surface area contributed by atoms with Gasteiger partial charge in [-0.1, -0.05) is 0 Å². The molecule has 0 spiro atoms. The number of ether oxygens (including phenoxy) is 3. The first-order valence-corrected chi connectivity index (χ1v) is 6.24. The molecule has 0 aromatic heterocycles. The van der Waals surface area contributed by atoms with E-state index < -0.39 is 61.2 Å². The number of hydrogen-bond donors (Lipinski definition) is 0. The van der Waals surface area contributed by atoms with E-state index in [1.165, 1.54) is 0 Å². The fraction of sp³-hybridized carbons (Fsp3) is 0.900. The van der Waals surface area contributed by atoms with Crippen LogP contribution in [0.1, 0.15) is 0 Å². The minimum Gasteiger partial charge on any atom is -0.392 e. The van der Waals surface area contributed by atoms with E-state index in [2.05, 4.69) is 9.47 Å². The maximum absolute atomic E-state index is 13.7. The predicted octanol–water partition coefficient (Wildman–Crippen LogP) is 3.90. The van der Waals surface area contributed by atoms with Crippen molar-refractivity contribution in [1.82, 2.24) is 0 Å². The molecule has 2 atom stereocenters. The Kier molecular flexibility index (Phi) is 5.64. The normalized spacial score (nSPS) is 28.6. The Bertz CT molecular complexity index is 618. The molecule has 4 nitrogen and oxygen atoms in total. The molecule has 1 aliphatic heterocycles. The molecule has 2 unspecified atom stereocenters. The Hall–Kier alpha value is -1.59. The molecule has 1 saturated heterocycles. The number of alkyl halides is 14. The summed E-state index contributed by atoms with van der Waals surface area (Å²) < 4.78 is 188. The molecule has 0 bridgehead atoms. The average molecular weight is 454 g/mol. The van der Waals surface area contributed by atoms with E-state index in [1.807, 2.05) is 4.74 Å². The highest BCUT2D eigenvalue weighted by atomic mass is 19.4. The second-order valence-corrected chi connectivity index (χ2v) is 4.90. The topological polar surface area (TPSA) is 44.8 Å². The third kappa shape index (κ3) is 3.13. The van der Waals surface area contributed by atoms with Gasteiger partial charge in [0.15, 0.2) is 0 Å². The van der Waals surface area contributed by atoms with Gasteiger partial charge >= 0.3 is 47.9 Å². The standard InChI is InChI=1S/C10H4F14O4/c11-1-2-26-4(12,8(18,19)20)3(25)27-10(23,24)7(17)5(13,14)6(15,16)9(21,22)28-7/h1-2H2. The Balaban J connectivity index is 3.35. The summed E-state index contributed by atoms with van der Waals surface area (Å²) in [5.74, 6) is -31.3. The van der Waals surface area contributed by atoms with Crippen LogP contribution < -0.4 is 0 Å². The average Bonchev–Trinajstić information content (AvgIpc) is 2.58. The van der Waals surface area contributed by atoms with Crippen molar-refractivity contribution in [2.45, 2.75) is 41.9 Å². The fourth-order valence-corrected chi connectivity index (χ4v) is 1.62. The van der Waals surface area contributed by atoms with Crippen molar-refractivity contribution >= 4 is 5.97 Å². The van der Waals surface area contributed by atoms with Crippen LogP contribution in [0.4, 0.5) is 61.5 Å². The monoisotopic (exact) mass is 454 g/mol. The van der Waals surface area contributed by atoms with Crippen molar-refractivity contribution in [3.8, 4) is 0 Å². The molecule has 0 aromatic carbocycles. The van der Waals surface area contributed by atoms with Gasteiger partial charge < -0.3 is 9.47 Å². The molecule has 0 radical (unpaired) electrons. The van der Waals surface area contributed by atoms with Crippen LogP contribution in [0, 0.1) is 0 Å². The van der Waals surface area contributed by atoms with Crippen molar-refractivity contribution in [2.24, 2.45) is 0 Å². The minimum atomic E-state index is -7.20. The quantitative estimate of drug-likeness (QED) is 0.452. The second kappa shape index (κ2) is 6.46. The van der Waals surface area contributed by atoms with Crippen LogP contribution >= 0.6 is 0 Å². The summed E-state index contributed by atoms with van der Waals surface area (Å²) >= 11 is 0. The summed E-state index contributed by atoms with van der Waals surface area (Å²) in [5, 5.41) is 0. The maximum Gasteiger partial charge on any atom is 0.468 e. The smallest absolute Gasteiger partial charge is 0.392 e. The largest absolute Gasteiger partial charge is 0.468 e. The molecule has 28 heavy (non-hydrogen) atoms. The molecule has 166 valence electrons. The van der Waals surface area contributed by atoms with E-state index in [0.29, 0.717) is 0 Å².